The van der Waals surface area contributed by atoms with Crippen LogP contribution in [0.3, 0.4) is 0 Å². The van der Waals surface area contributed by atoms with Crippen molar-refractivity contribution in [1.29, 1.82) is 0 Å². The number of aryl methyl sites for hydroxylation is 1. The average molecular weight is 500 g/mol. The van der Waals surface area contributed by atoms with Crippen LogP contribution >= 0.6 is 11.3 Å². The van der Waals surface area contributed by atoms with Crippen LogP contribution in [-0.2, 0) is 25.6 Å². The third-order valence-electron chi connectivity index (χ3n) is 4.58. The molecule has 0 aliphatic carbocycles. The van der Waals surface area contributed by atoms with Crippen LogP contribution in [0, 0.1) is 12.7 Å². The zero-order chi connectivity index (χ0) is 23.8. The topological polar surface area (TPSA) is 123 Å². The van der Waals surface area contributed by atoms with E-state index in [1.165, 1.54) is 31.3 Å². The van der Waals surface area contributed by atoms with Crippen LogP contribution in [0.2, 0.25) is 0 Å². The summed E-state index contributed by atoms with van der Waals surface area (Å²) in [4.78, 5) is 8.77. The van der Waals surface area contributed by atoms with Crippen molar-refractivity contribution in [3.05, 3.63) is 46.3 Å². The maximum absolute atomic E-state index is 13.5. The van der Waals surface area contributed by atoms with Gasteiger partial charge in [-0.15, -0.1) is 10.2 Å². The van der Waals surface area contributed by atoms with Crippen molar-refractivity contribution in [3.8, 4) is 11.3 Å². The molecule has 9 nitrogen and oxygen atoms in total. The number of rotatable bonds is 7. The van der Waals surface area contributed by atoms with Crippen molar-refractivity contribution < 1.29 is 21.2 Å². The first kappa shape index (κ1) is 24.1. The summed E-state index contributed by atoms with van der Waals surface area (Å²) in [5, 5.41) is 8.04. The van der Waals surface area contributed by atoms with Gasteiger partial charge >= 0.3 is 0 Å². The second-order valence-corrected chi connectivity index (χ2v) is 12.8. The Morgan fingerprint density at radius 1 is 1.06 bits per heavy atom. The molecule has 0 aliphatic rings. The van der Waals surface area contributed by atoms with Crippen LogP contribution in [0.15, 0.2) is 28.6 Å². The van der Waals surface area contributed by atoms with E-state index in [2.05, 4.69) is 20.2 Å². The third-order valence-corrected chi connectivity index (χ3v) is 8.66. The molecule has 2 aromatic heterocycles. The molecule has 0 N–H and O–H groups in total. The second-order valence-electron chi connectivity index (χ2n) is 7.47. The highest BCUT2D eigenvalue weighted by molar-refractivity contribution is 7.92. The molecule has 2 heterocycles. The van der Waals surface area contributed by atoms with E-state index in [9.17, 15) is 21.2 Å². The lowest BCUT2D eigenvalue weighted by atomic mass is 9.99. The first-order valence-electron chi connectivity index (χ1n) is 9.43. The van der Waals surface area contributed by atoms with Gasteiger partial charge in [0, 0.05) is 18.2 Å². The van der Waals surface area contributed by atoms with E-state index in [0.29, 0.717) is 21.8 Å². The Hall–Kier alpha value is -2.51. The molecule has 1 aromatic carbocycles. The molecular formula is C19H22FN5O4S3. The second kappa shape index (κ2) is 8.79. The van der Waals surface area contributed by atoms with Crippen LogP contribution in [0.1, 0.15) is 36.0 Å². The molecule has 0 radical (unpaired) electrons. The smallest absolute Gasteiger partial charge is 0.239 e. The molecule has 0 saturated heterocycles. The Labute approximate surface area is 190 Å². The van der Waals surface area contributed by atoms with Gasteiger partial charge in [0.1, 0.15) is 10.8 Å². The van der Waals surface area contributed by atoms with Gasteiger partial charge in [-0.3, -0.25) is 0 Å². The highest BCUT2D eigenvalue weighted by Gasteiger charge is 2.28. The largest absolute Gasteiger partial charge is 0.241 e. The van der Waals surface area contributed by atoms with E-state index >= 15 is 0 Å². The lowest BCUT2D eigenvalue weighted by Gasteiger charge is -2.21. The Morgan fingerprint density at radius 3 is 2.19 bits per heavy atom. The maximum atomic E-state index is 13.5. The fraction of sp³-hybridized carbons (Fsp3) is 0.368. The highest BCUT2D eigenvalue weighted by atomic mass is 32.2. The lowest BCUT2D eigenvalue weighted by Crippen LogP contribution is -2.28. The summed E-state index contributed by atoms with van der Waals surface area (Å²) in [5.74, 6) is -1.31. The quantitative estimate of drug-likeness (QED) is 0.486. The Balaban J connectivity index is 2.29. The van der Waals surface area contributed by atoms with Crippen LogP contribution in [0.5, 0.6) is 0 Å². The Bertz CT molecular complexity index is 1350. The van der Waals surface area contributed by atoms with Crippen LogP contribution < -0.4 is 4.31 Å². The zero-order valence-corrected chi connectivity index (χ0v) is 20.5. The zero-order valence-electron chi connectivity index (χ0n) is 18.1. The van der Waals surface area contributed by atoms with Crippen LogP contribution in [0.4, 0.5) is 10.3 Å². The Kier molecular flexibility index (Phi) is 6.63. The summed E-state index contributed by atoms with van der Waals surface area (Å²) in [6, 6.07) is 5.35. The number of hydrogen-bond acceptors (Lipinski definition) is 9. The molecule has 172 valence electrons. The number of aromatic nitrogens is 4. The first-order chi connectivity index (χ1) is 14.8. The fourth-order valence-corrected chi connectivity index (χ4v) is 5.69. The first-order valence-corrected chi connectivity index (χ1v) is 13.7. The van der Waals surface area contributed by atoms with Crippen molar-refractivity contribution >= 4 is 37.1 Å². The molecule has 0 atom stereocenters. The van der Waals surface area contributed by atoms with Gasteiger partial charge in [0.2, 0.25) is 30.1 Å². The Morgan fingerprint density at radius 2 is 1.69 bits per heavy atom. The minimum Gasteiger partial charge on any atom is -0.241 e. The average Bonchev–Trinajstić information content (AvgIpc) is 3.14. The SMILES string of the molecule is Cc1nnc(S(=O)(=O)Cc2c(-c3ccc(F)cc3)nc(N(C)S(C)(=O)=O)nc2C(C)C)s1. The van der Waals surface area contributed by atoms with Crippen LogP contribution in [0.25, 0.3) is 11.3 Å². The van der Waals surface area contributed by atoms with Crippen LogP contribution in [-0.4, -0.2) is 50.3 Å². The molecule has 0 fully saturated rings. The number of nitrogens with zero attached hydrogens (tertiary/aromatic N) is 5. The molecule has 0 aliphatic heterocycles. The molecular weight excluding hydrogens is 477 g/mol. The predicted molar refractivity (Wildman–Crippen MR) is 120 cm³/mol. The number of sulfonamides is 1. The van der Waals surface area contributed by atoms with E-state index < -0.39 is 31.4 Å². The van der Waals surface area contributed by atoms with Gasteiger partial charge in [0.15, 0.2) is 0 Å². The minimum atomic E-state index is -3.89. The van der Waals surface area contributed by atoms with Gasteiger partial charge in [-0.25, -0.2) is 35.5 Å². The summed E-state index contributed by atoms with van der Waals surface area (Å²) in [7, 11) is -6.26. The van der Waals surface area contributed by atoms with E-state index in [1.54, 1.807) is 6.92 Å². The number of anilines is 1. The number of halogens is 1. The van der Waals surface area contributed by atoms with Crippen molar-refractivity contribution in [2.75, 3.05) is 17.6 Å². The van der Waals surface area contributed by atoms with Gasteiger partial charge < -0.3 is 0 Å². The monoisotopic (exact) mass is 499 g/mol. The third kappa shape index (κ3) is 5.10. The minimum absolute atomic E-state index is 0.108. The molecule has 0 saturated carbocycles. The lowest BCUT2D eigenvalue weighted by molar-refractivity contribution is 0.591. The molecule has 32 heavy (non-hydrogen) atoms. The van der Waals surface area contributed by atoms with E-state index in [-0.39, 0.29) is 21.9 Å². The number of benzene rings is 1. The van der Waals surface area contributed by atoms with Gasteiger partial charge in [-0.2, -0.15) is 0 Å². The number of hydrogen-bond donors (Lipinski definition) is 0. The fourth-order valence-electron chi connectivity index (χ4n) is 2.90. The van der Waals surface area contributed by atoms with Crippen molar-refractivity contribution in [1.82, 2.24) is 20.2 Å². The van der Waals surface area contributed by atoms with Gasteiger partial charge in [-0.1, -0.05) is 25.2 Å². The molecule has 0 bridgehead atoms. The summed E-state index contributed by atoms with van der Waals surface area (Å²) < 4.78 is 64.7. The normalized spacial score (nSPS) is 12.3. The molecule has 13 heteroatoms. The van der Waals surface area contributed by atoms with Crippen molar-refractivity contribution in [2.45, 2.75) is 36.8 Å². The molecule has 0 unspecified atom stereocenters. The summed E-state index contributed by atoms with van der Waals surface area (Å²) in [6.45, 7) is 5.28. The van der Waals surface area contributed by atoms with Gasteiger partial charge in [-0.05, 0) is 37.1 Å². The summed E-state index contributed by atoms with van der Waals surface area (Å²) >= 11 is 0.955. The molecule has 0 amide bonds. The van der Waals surface area contributed by atoms with E-state index in [1.807, 2.05) is 13.8 Å². The summed E-state index contributed by atoms with van der Waals surface area (Å²) in [5.41, 5.74) is 1.30. The highest BCUT2D eigenvalue weighted by Crippen LogP contribution is 2.33. The van der Waals surface area contributed by atoms with Gasteiger partial charge in [0.25, 0.3) is 0 Å². The standard InChI is InChI=1S/C19H22FN5O4S3/c1-11(2)16-15(10-32(28,29)19-24-23-12(3)30-19)17(13-6-8-14(20)9-7-13)22-18(21-16)25(4)31(5,26)27/h6-9,11H,10H2,1-5H3. The van der Waals surface area contributed by atoms with Crippen molar-refractivity contribution in [2.24, 2.45) is 0 Å². The molecule has 3 rings (SSSR count). The van der Waals surface area contributed by atoms with Crippen molar-refractivity contribution in [3.63, 3.8) is 0 Å². The van der Waals surface area contributed by atoms with Gasteiger partial charge in [0.05, 0.1) is 23.4 Å². The number of sulfone groups is 1. The summed E-state index contributed by atoms with van der Waals surface area (Å²) in [6.07, 6.45) is 1.01. The molecule has 0 spiro atoms. The van der Waals surface area contributed by atoms with E-state index in [4.69, 9.17) is 0 Å². The van der Waals surface area contributed by atoms with E-state index in [0.717, 1.165) is 21.9 Å². The maximum Gasteiger partial charge on any atom is 0.239 e. The predicted octanol–water partition coefficient (Wildman–Crippen LogP) is 2.94. The molecule has 3 aromatic rings.